The molecule has 1 unspecified atom stereocenters. The van der Waals surface area contributed by atoms with Gasteiger partial charge in [0, 0.05) is 23.3 Å². The molecule has 1 atom stereocenters. The van der Waals surface area contributed by atoms with Crippen LogP contribution in [0, 0.1) is 12.8 Å². The molecule has 102 valence electrons. The molecule has 0 bridgehead atoms. The van der Waals surface area contributed by atoms with E-state index in [1.165, 1.54) is 5.56 Å². The smallest absolute Gasteiger partial charge is 0.133 e. The molecule has 19 heavy (non-hydrogen) atoms. The van der Waals surface area contributed by atoms with E-state index in [2.05, 4.69) is 30.1 Å². The minimum absolute atomic E-state index is 0.232. The predicted octanol–water partition coefficient (Wildman–Crippen LogP) is 4.06. The van der Waals surface area contributed by atoms with Gasteiger partial charge in [-0.25, -0.2) is 4.98 Å². The van der Waals surface area contributed by atoms with Gasteiger partial charge in [0.2, 0.25) is 0 Å². The highest BCUT2D eigenvalue weighted by molar-refractivity contribution is 7.98. The Labute approximate surface area is 123 Å². The number of fused-ring (bicyclic) bond motifs is 1. The Kier molecular flexibility index (Phi) is 5.08. The molecule has 0 fully saturated rings. The van der Waals surface area contributed by atoms with Crippen molar-refractivity contribution in [3.8, 4) is 0 Å². The number of aliphatic hydroxyl groups excluding tert-OH is 1. The van der Waals surface area contributed by atoms with E-state index >= 15 is 0 Å². The van der Waals surface area contributed by atoms with Gasteiger partial charge in [-0.15, -0.1) is 0 Å². The maximum atomic E-state index is 9.00. The van der Waals surface area contributed by atoms with E-state index in [4.69, 9.17) is 16.7 Å². The first-order valence-electron chi connectivity index (χ1n) is 6.34. The second kappa shape index (κ2) is 6.60. The van der Waals surface area contributed by atoms with E-state index in [9.17, 15) is 0 Å². The summed E-state index contributed by atoms with van der Waals surface area (Å²) in [5.41, 5.74) is 3.20. The fourth-order valence-electron chi connectivity index (χ4n) is 1.82. The lowest BCUT2D eigenvalue weighted by atomic mass is 10.1. The van der Waals surface area contributed by atoms with E-state index < -0.39 is 0 Å². The number of aryl methyl sites for hydroxylation is 1. The van der Waals surface area contributed by atoms with E-state index in [1.807, 2.05) is 13.0 Å². The Morgan fingerprint density at radius 3 is 2.89 bits per heavy atom. The van der Waals surface area contributed by atoms with Gasteiger partial charge in [0.15, 0.2) is 0 Å². The Balaban J connectivity index is 2.15. The molecular weight excluding hydrogens is 278 g/mol. The molecule has 1 aromatic heterocycles. The summed E-state index contributed by atoms with van der Waals surface area (Å²) < 4.78 is 0. The Bertz CT molecular complexity index is 573. The van der Waals surface area contributed by atoms with Crippen LogP contribution in [-0.4, -0.2) is 22.5 Å². The quantitative estimate of drug-likeness (QED) is 0.845. The molecular formula is C15H18ClNOS. The van der Waals surface area contributed by atoms with Crippen LogP contribution in [0.25, 0.3) is 10.9 Å². The van der Waals surface area contributed by atoms with Gasteiger partial charge in [-0.2, -0.15) is 11.8 Å². The topological polar surface area (TPSA) is 33.1 Å². The zero-order chi connectivity index (χ0) is 13.8. The fraction of sp³-hybridized carbons (Fsp3) is 0.400. The first-order valence-corrected chi connectivity index (χ1v) is 7.88. The van der Waals surface area contributed by atoms with Crippen molar-refractivity contribution in [2.75, 3.05) is 12.4 Å². The molecule has 0 saturated heterocycles. The van der Waals surface area contributed by atoms with Crippen LogP contribution in [0.4, 0.5) is 0 Å². The molecule has 0 radical (unpaired) electrons. The minimum Gasteiger partial charge on any atom is -0.396 e. The standard InChI is InChI=1S/C15H18ClNOS/c1-10-3-4-12-6-13(9-19-8-11(2)7-18)15(16)17-14(12)5-10/h3-6,11,18H,7-9H2,1-2H3. The van der Waals surface area contributed by atoms with Gasteiger partial charge in [-0.1, -0.05) is 30.7 Å². The average Bonchev–Trinajstić information content (AvgIpc) is 2.39. The number of hydrogen-bond donors (Lipinski definition) is 1. The van der Waals surface area contributed by atoms with Gasteiger partial charge in [0.05, 0.1) is 5.52 Å². The van der Waals surface area contributed by atoms with Gasteiger partial charge in [0.25, 0.3) is 0 Å². The van der Waals surface area contributed by atoms with Crippen molar-refractivity contribution in [3.63, 3.8) is 0 Å². The van der Waals surface area contributed by atoms with Crippen LogP contribution in [0.1, 0.15) is 18.1 Å². The molecule has 0 aliphatic carbocycles. The monoisotopic (exact) mass is 295 g/mol. The Morgan fingerprint density at radius 2 is 2.16 bits per heavy atom. The van der Waals surface area contributed by atoms with Crippen molar-refractivity contribution >= 4 is 34.3 Å². The lowest BCUT2D eigenvalue weighted by Crippen LogP contribution is -2.03. The number of thioether (sulfide) groups is 1. The first kappa shape index (κ1) is 14.6. The maximum Gasteiger partial charge on any atom is 0.133 e. The molecule has 2 nitrogen and oxygen atoms in total. The number of rotatable bonds is 5. The van der Waals surface area contributed by atoms with E-state index in [-0.39, 0.29) is 6.61 Å². The number of hydrogen-bond acceptors (Lipinski definition) is 3. The summed E-state index contributed by atoms with van der Waals surface area (Å²) in [5, 5.41) is 10.7. The van der Waals surface area contributed by atoms with Gasteiger partial charge in [-0.3, -0.25) is 0 Å². The van der Waals surface area contributed by atoms with Crippen molar-refractivity contribution in [1.82, 2.24) is 4.98 Å². The molecule has 2 rings (SSSR count). The van der Waals surface area contributed by atoms with E-state index in [0.29, 0.717) is 11.1 Å². The zero-order valence-corrected chi connectivity index (χ0v) is 12.8. The van der Waals surface area contributed by atoms with Crippen molar-refractivity contribution < 1.29 is 5.11 Å². The van der Waals surface area contributed by atoms with E-state index in [1.54, 1.807) is 11.8 Å². The summed E-state index contributed by atoms with van der Waals surface area (Å²) in [4.78, 5) is 4.46. The predicted molar refractivity (Wildman–Crippen MR) is 83.9 cm³/mol. The van der Waals surface area contributed by atoms with Crippen LogP contribution in [-0.2, 0) is 5.75 Å². The molecule has 0 spiro atoms. The summed E-state index contributed by atoms with van der Waals surface area (Å²) >= 11 is 8.01. The van der Waals surface area contributed by atoms with Crippen LogP contribution in [0.15, 0.2) is 24.3 Å². The summed E-state index contributed by atoms with van der Waals surface area (Å²) in [5.74, 6) is 2.08. The number of benzene rings is 1. The summed E-state index contributed by atoms with van der Waals surface area (Å²) in [6.45, 7) is 4.32. The van der Waals surface area contributed by atoms with E-state index in [0.717, 1.165) is 28.0 Å². The van der Waals surface area contributed by atoms with Crippen molar-refractivity contribution in [3.05, 3.63) is 40.5 Å². The third kappa shape index (κ3) is 3.85. The number of halogens is 1. The summed E-state index contributed by atoms with van der Waals surface area (Å²) in [6, 6.07) is 8.33. The third-order valence-corrected chi connectivity index (χ3v) is 4.62. The normalized spacial score (nSPS) is 12.8. The highest BCUT2D eigenvalue weighted by Crippen LogP contribution is 2.25. The highest BCUT2D eigenvalue weighted by atomic mass is 35.5. The molecule has 1 N–H and O–H groups in total. The van der Waals surface area contributed by atoms with Gasteiger partial charge < -0.3 is 5.11 Å². The number of aromatic nitrogens is 1. The molecule has 4 heteroatoms. The molecule has 1 heterocycles. The highest BCUT2D eigenvalue weighted by Gasteiger charge is 2.07. The molecule has 0 amide bonds. The van der Waals surface area contributed by atoms with Gasteiger partial charge >= 0.3 is 0 Å². The second-order valence-corrected chi connectivity index (χ2v) is 6.33. The van der Waals surface area contributed by atoms with Crippen LogP contribution in [0.3, 0.4) is 0 Å². The molecule has 0 aliphatic heterocycles. The van der Waals surface area contributed by atoms with Crippen molar-refractivity contribution in [2.45, 2.75) is 19.6 Å². The zero-order valence-electron chi connectivity index (χ0n) is 11.2. The summed E-state index contributed by atoms with van der Waals surface area (Å²) in [6.07, 6.45) is 0. The largest absolute Gasteiger partial charge is 0.396 e. The average molecular weight is 296 g/mol. The lowest BCUT2D eigenvalue weighted by molar-refractivity contribution is 0.250. The van der Waals surface area contributed by atoms with Gasteiger partial charge in [0.1, 0.15) is 5.15 Å². The number of nitrogens with zero attached hydrogens (tertiary/aromatic N) is 1. The van der Waals surface area contributed by atoms with Crippen LogP contribution < -0.4 is 0 Å². The second-order valence-electron chi connectivity index (χ2n) is 4.94. The maximum absolute atomic E-state index is 9.00. The Morgan fingerprint density at radius 1 is 1.37 bits per heavy atom. The third-order valence-electron chi connectivity index (χ3n) is 2.97. The molecule has 2 aromatic rings. The molecule has 0 saturated carbocycles. The molecule has 1 aromatic carbocycles. The number of aliphatic hydroxyl groups is 1. The van der Waals surface area contributed by atoms with Crippen LogP contribution in [0.2, 0.25) is 5.15 Å². The fourth-order valence-corrected chi connectivity index (χ4v) is 3.18. The minimum atomic E-state index is 0.232. The van der Waals surface area contributed by atoms with Crippen LogP contribution in [0.5, 0.6) is 0 Å². The van der Waals surface area contributed by atoms with Crippen molar-refractivity contribution in [2.24, 2.45) is 5.92 Å². The lowest BCUT2D eigenvalue weighted by Gasteiger charge is -2.09. The van der Waals surface area contributed by atoms with Gasteiger partial charge in [-0.05, 0) is 36.3 Å². The summed E-state index contributed by atoms with van der Waals surface area (Å²) in [7, 11) is 0. The van der Waals surface area contributed by atoms with Crippen LogP contribution >= 0.6 is 23.4 Å². The molecule has 0 aliphatic rings. The first-order chi connectivity index (χ1) is 9.10. The number of pyridine rings is 1. The SMILES string of the molecule is Cc1ccc2cc(CSCC(C)CO)c(Cl)nc2c1. The Hall–Kier alpha value is -0.770. The van der Waals surface area contributed by atoms with Crippen molar-refractivity contribution in [1.29, 1.82) is 0 Å².